The fourth-order valence-electron chi connectivity index (χ4n) is 4.24. The Morgan fingerprint density at radius 2 is 1.09 bits per heavy atom. The average Bonchev–Trinajstić information content (AvgIpc) is 2.85. The number of ether oxygens (including phenoxy) is 1. The zero-order valence-corrected chi connectivity index (χ0v) is 22.1. The van der Waals surface area contributed by atoms with Gasteiger partial charge in [0.15, 0.2) is 6.10 Å². The summed E-state index contributed by atoms with van der Waals surface area (Å²) < 4.78 is 4.73. The second-order valence-electron chi connectivity index (χ2n) is 9.86. The molecular formula is C27H52O8. The van der Waals surface area contributed by atoms with E-state index in [4.69, 9.17) is 9.84 Å². The number of hydrogen-bond acceptors (Lipinski definition) is 8. The number of aliphatic hydroxyl groups excluding tert-OH is 5. The van der Waals surface area contributed by atoms with Gasteiger partial charge in [-0.1, -0.05) is 104 Å². The van der Waals surface area contributed by atoms with Crippen molar-refractivity contribution < 1.29 is 39.9 Å². The highest BCUT2D eigenvalue weighted by Crippen LogP contribution is 2.23. The van der Waals surface area contributed by atoms with Crippen molar-refractivity contribution in [2.75, 3.05) is 6.61 Å². The fourth-order valence-corrected chi connectivity index (χ4v) is 4.24. The minimum Gasteiger partial charge on any atom is -0.394 e. The zero-order chi connectivity index (χ0) is 26.5. The molecule has 0 aliphatic rings. The maximum absolute atomic E-state index is 12.4. The van der Waals surface area contributed by atoms with E-state index in [2.05, 4.69) is 13.8 Å². The number of unbranched alkanes of at least 4 members (excludes halogenated alkanes) is 12. The van der Waals surface area contributed by atoms with E-state index in [0.29, 0.717) is 0 Å². The van der Waals surface area contributed by atoms with Crippen LogP contribution in [0, 0.1) is 5.92 Å². The molecule has 0 radical (unpaired) electrons. The Kier molecular flexibility index (Phi) is 21.5. The predicted octanol–water partition coefficient (Wildman–Crippen LogP) is 3.78. The molecule has 0 aliphatic carbocycles. The van der Waals surface area contributed by atoms with Crippen LogP contribution in [-0.2, 0) is 14.3 Å². The van der Waals surface area contributed by atoms with Crippen LogP contribution in [-0.4, -0.2) is 68.5 Å². The first kappa shape index (κ1) is 33.9. The molecule has 0 aromatic rings. The minimum atomic E-state index is -2.21. The van der Waals surface area contributed by atoms with E-state index in [1.54, 1.807) is 0 Å². The fraction of sp³-hybridized carbons (Fsp3) is 0.926. The summed E-state index contributed by atoms with van der Waals surface area (Å²) in [4.78, 5) is 24.4. The third-order valence-electron chi connectivity index (χ3n) is 6.60. The average molecular weight is 505 g/mol. The Bertz CT molecular complexity index is 527. The van der Waals surface area contributed by atoms with Crippen molar-refractivity contribution in [3.63, 3.8) is 0 Å². The van der Waals surface area contributed by atoms with Gasteiger partial charge in [-0.3, -0.25) is 4.79 Å². The van der Waals surface area contributed by atoms with Crippen LogP contribution in [0.2, 0.25) is 0 Å². The second kappa shape index (κ2) is 22.2. The molecule has 5 atom stereocenters. The molecule has 0 fully saturated rings. The van der Waals surface area contributed by atoms with E-state index in [0.717, 1.165) is 38.5 Å². The van der Waals surface area contributed by atoms with Crippen molar-refractivity contribution in [2.45, 2.75) is 147 Å². The lowest BCUT2D eigenvalue weighted by Crippen LogP contribution is -2.49. The molecule has 0 heterocycles. The van der Waals surface area contributed by atoms with Gasteiger partial charge in [-0.2, -0.15) is 0 Å². The highest BCUT2D eigenvalue weighted by Gasteiger charge is 2.36. The molecular weight excluding hydrogens is 452 g/mol. The molecule has 0 aromatic heterocycles. The Hall–Kier alpha value is -1.06. The molecule has 208 valence electrons. The molecule has 0 saturated carbocycles. The van der Waals surface area contributed by atoms with Crippen LogP contribution in [0.15, 0.2) is 0 Å². The molecule has 0 amide bonds. The summed E-state index contributed by atoms with van der Waals surface area (Å²) in [5.41, 5.74) is 0. The smallest absolute Gasteiger partial charge is 0.345 e. The van der Waals surface area contributed by atoms with Gasteiger partial charge in [0, 0.05) is 6.42 Å². The molecule has 0 aromatic carbocycles. The zero-order valence-electron chi connectivity index (χ0n) is 22.1. The van der Waals surface area contributed by atoms with Crippen molar-refractivity contribution >= 4 is 11.9 Å². The summed E-state index contributed by atoms with van der Waals surface area (Å²) in [5, 5.41) is 47.5. The van der Waals surface area contributed by atoms with Gasteiger partial charge >= 0.3 is 11.9 Å². The van der Waals surface area contributed by atoms with Crippen LogP contribution in [0.1, 0.15) is 123 Å². The van der Waals surface area contributed by atoms with Gasteiger partial charge in [-0.15, -0.1) is 0 Å². The number of hydrogen-bond donors (Lipinski definition) is 5. The maximum atomic E-state index is 12.4. The van der Waals surface area contributed by atoms with Crippen molar-refractivity contribution in [2.24, 2.45) is 5.92 Å². The molecule has 0 saturated heterocycles. The van der Waals surface area contributed by atoms with E-state index >= 15 is 0 Å². The van der Waals surface area contributed by atoms with E-state index in [1.807, 2.05) is 0 Å². The van der Waals surface area contributed by atoms with Gasteiger partial charge in [0.05, 0.1) is 6.61 Å². The van der Waals surface area contributed by atoms with Crippen LogP contribution in [0.5, 0.6) is 0 Å². The lowest BCUT2D eigenvalue weighted by molar-refractivity contribution is -0.177. The Morgan fingerprint density at radius 3 is 1.51 bits per heavy atom. The number of esters is 2. The van der Waals surface area contributed by atoms with Crippen molar-refractivity contribution in [3.8, 4) is 0 Å². The first-order valence-electron chi connectivity index (χ1n) is 13.9. The number of rotatable bonds is 23. The van der Waals surface area contributed by atoms with Crippen molar-refractivity contribution in [3.05, 3.63) is 0 Å². The Labute approximate surface area is 212 Å². The summed E-state index contributed by atoms with van der Waals surface area (Å²) in [5.74, 6) is -2.06. The number of carbonyl (C=O) groups is 2. The summed E-state index contributed by atoms with van der Waals surface area (Å²) in [6.07, 6.45) is 10.4. The Morgan fingerprint density at radius 1 is 0.657 bits per heavy atom. The van der Waals surface area contributed by atoms with Crippen LogP contribution < -0.4 is 0 Å². The third kappa shape index (κ3) is 17.1. The topological polar surface area (TPSA) is 145 Å². The molecule has 5 N–H and O–H groups in total. The van der Waals surface area contributed by atoms with Crippen LogP contribution in [0.4, 0.5) is 0 Å². The van der Waals surface area contributed by atoms with Crippen molar-refractivity contribution in [1.82, 2.24) is 0 Å². The van der Waals surface area contributed by atoms with Gasteiger partial charge in [0.1, 0.15) is 18.3 Å². The molecule has 35 heavy (non-hydrogen) atoms. The predicted molar refractivity (Wildman–Crippen MR) is 136 cm³/mol. The van der Waals surface area contributed by atoms with Gasteiger partial charge < -0.3 is 30.3 Å². The molecule has 0 aliphatic heterocycles. The maximum Gasteiger partial charge on any atom is 0.345 e. The van der Waals surface area contributed by atoms with Crippen LogP contribution >= 0.6 is 0 Å². The molecule has 1 unspecified atom stereocenters. The SMILES string of the molecule is CCCCCCCCCCC(CCCCCCCC)CC(=O)OC(=O)[C@H](O)[C@@H](O)[C@H](O)[C@H](O)CO. The van der Waals surface area contributed by atoms with E-state index in [9.17, 15) is 30.0 Å². The monoisotopic (exact) mass is 504 g/mol. The summed E-state index contributed by atoms with van der Waals surface area (Å²) in [6.45, 7) is 3.52. The summed E-state index contributed by atoms with van der Waals surface area (Å²) >= 11 is 0. The van der Waals surface area contributed by atoms with E-state index in [1.165, 1.54) is 64.2 Å². The van der Waals surface area contributed by atoms with Gasteiger partial charge in [-0.05, 0) is 18.8 Å². The van der Waals surface area contributed by atoms with E-state index < -0.39 is 43.0 Å². The lowest BCUT2D eigenvalue weighted by atomic mass is 9.91. The minimum absolute atomic E-state index is 0.0574. The second-order valence-corrected chi connectivity index (χ2v) is 9.86. The molecule has 0 spiro atoms. The highest BCUT2D eigenvalue weighted by molar-refractivity contribution is 5.88. The highest BCUT2D eigenvalue weighted by atomic mass is 16.6. The summed E-state index contributed by atoms with van der Waals surface area (Å²) in [7, 11) is 0. The normalized spacial score (nSPS) is 15.9. The standard InChI is InChI=1S/C27H52O8/c1-3-5-7-9-11-12-14-16-18-21(17-15-13-10-8-6-4-2)19-23(30)35-27(34)26(33)25(32)24(31)22(29)20-28/h21-22,24-26,28-29,31-33H,3-20H2,1-2H3/t21?,22-,24-,25+,26-/m1/s1. The largest absolute Gasteiger partial charge is 0.394 e. The first-order valence-corrected chi connectivity index (χ1v) is 13.9. The van der Waals surface area contributed by atoms with Crippen LogP contribution in [0.25, 0.3) is 0 Å². The quantitative estimate of drug-likeness (QED) is 0.0803. The molecule has 0 rings (SSSR count). The van der Waals surface area contributed by atoms with Gasteiger partial charge in [0.25, 0.3) is 0 Å². The first-order chi connectivity index (χ1) is 16.8. The van der Waals surface area contributed by atoms with E-state index in [-0.39, 0.29) is 12.3 Å². The van der Waals surface area contributed by atoms with Crippen LogP contribution in [0.3, 0.4) is 0 Å². The van der Waals surface area contributed by atoms with Gasteiger partial charge in [-0.25, -0.2) is 4.79 Å². The Balaban J connectivity index is 4.59. The summed E-state index contributed by atoms with van der Waals surface area (Å²) in [6, 6.07) is 0. The van der Waals surface area contributed by atoms with Gasteiger partial charge in [0.2, 0.25) is 0 Å². The molecule has 8 nitrogen and oxygen atoms in total. The number of aliphatic hydroxyl groups is 5. The number of carbonyl (C=O) groups excluding carboxylic acids is 2. The third-order valence-corrected chi connectivity index (χ3v) is 6.60. The molecule has 0 bridgehead atoms. The lowest BCUT2D eigenvalue weighted by Gasteiger charge is -2.24. The van der Waals surface area contributed by atoms with Crippen molar-refractivity contribution in [1.29, 1.82) is 0 Å². The molecule has 8 heteroatoms.